The van der Waals surface area contributed by atoms with Crippen molar-refractivity contribution in [1.82, 2.24) is 14.9 Å². The molecule has 6 nitrogen and oxygen atoms in total. The normalized spacial score (nSPS) is 11.1. The molecule has 2 N–H and O–H groups in total. The van der Waals surface area contributed by atoms with Crippen molar-refractivity contribution in [3.63, 3.8) is 0 Å². The summed E-state index contributed by atoms with van der Waals surface area (Å²) in [6.45, 7) is 0.763. The van der Waals surface area contributed by atoms with Crippen molar-refractivity contribution in [3.8, 4) is 0 Å². The Morgan fingerprint density at radius 1 is 1.47 bits per heavy atom. The number of halogens is 1. The van der Waals surface area contributed by atoms with Gasteiger partial charge in [-0.05, 0) is 18.5 Å². The van der Waals surface area contributed by atoms with Crippen LogP contribution in [0.4, 0.5) is 0 Å². The molecule has 1 aromatic heterocycles. The van der Waals surface area contributed by atoms with Gasteiger partial charge in [-0.25, -0.2) is 8.42 Å². The summed E-state index contributed by atoms with van der Waals surface area (Å²) < 4.78 is 25.6. The minimum absolute atomic E-state index is 0. The van der Waals surface area contributed by atoms with Crippen LogP contribution in [0.1, 0.15) is 0 Å². The summed E-state index contributed by atoms with van der Waals surface area (Å²) in [7, 11) is -0.248. The Labute approximate surface area is 123 Å². The average molecular weight is 328 g/mol. The van der Waals surface area contributed by atoms with Gasteiger partial charge in [-0.3, -0.25) is 4.79 Å². The maximum atomic E-state index is 12.0. The SMILES string of the molecule is CNCC(=O)NCCN(C)S(=O)(=O)c1cccs1.Cl. The van der Waals surface area contributed by atoms with E-state index in [9.17, 15) is 13.2 Å². The predicted molar refractivity (Wildman–Crippen MR) is 78.3 cm³/mol. The average Bonchev–Trinajstić information content (AvgIpc) is 2.83. The third kappa shape index (κ3) is 5.45. The number of nitrogens with zero attached hydrogens (tertiary/aromatic N) is 1. The molecule has 0 atom stereocenters. The number of rotatable bonds is 7. The molecule has 0 saturated heterocycles. The van der Waals surface area contributed by atoms with Crippen LogP contribution in [0.2, 0.25) is 0 Å². The Morgan fingerprint density at radius 2 is 2.16 bits per heavy atom. The van der Waals surface area contributed by atoms with E-state index in [2.05, 4.69) is 10.6 Å². The topological polar surface area (TPSA) is 78.5 Å². The molecule has 110 valence electrons. The molecule has 19 heavy (non-hydrogen) atoms. The zero-order chi connectivity index (χ0) is 13.6. The lowest BCUT2D eigenvalue weighted by Gasteiger charge is -2.16. The van der Waals surface area contributed by atoms with Crippen molar-refractivity contribution in [3.05, 3.63) is 17.5 Å². The predicted octanol–water partition coefficient (Wildman–Crippen LogP) is 0.126. The first-order valence-electron chi connectivity index (χ1n) is 5.39. The molecule has 0 spiro atoms. The number of nitrogens with one attached hydrogen (secondary N) is 2. The van der Waals surface area contributed by atoms with Gasteiger partial charge in [0.2, 0.25) is 5.91 Å². The molecular weight excluding hydrogens is 310 g/mol. The van der Waals surface area contributed by atoms with Crippen LogP contribution >= 0.6 is 23.7 Å². The second kappa shape index (κ2) is 8.49. The van der Waals surface area contributed by atoms with E-state index < -0.39 is 10.0 Å². The number of sulfonamides is 1. The fourth-order valence-corrected chi connectivity index (χ4v) is 3.63. The highest BCUT2D eigenvalue weighted by Crippen LogP contribution is 2.19. The molecule has 1 rings (SSSR count). The molecule has 0 bridgehead atoms. The second-order valence-electron chi connectivity index (χ2n) is 3.64. The van der Waals surface area contributed by atoms with Crippen molar-refractivity contribution in [2.45, 2.75) is 4.21 Å². The summed E-state index contributed by atoms with van der Waals surface area (Å²) in [5, 5.41) is 7.06. The number of carbonyl (C=O) groups is 1. The van der Waals surface area contributed by atoms with Crippen LogP contribution in [0, 0.1) is 0 Å². The maximum absolute atomic E-state index is 12.0. The van der Waals surface area contributed by atoms with Gasteiger partial charge >= 0.3 is 0 Å². The van der Waals surface area contributed by atoms with Crippen LogP contribution in [0.5, 0.6) is 0 Å². The largest absolute Gasteiger partial charge is 0.354 e. The van der Waals surface area contributed by atoms with Crippen molar-refractivity contribution in [1.29, 1.82) is 0 Å². The van der Waals surface area contributed by atoms with Crippen LogP contribution in [0.15, 0.2) is 21.7 Å². The second-order valence-corrected chi connectivity index (χ2v) is 6.86. The van der Waals surface area contributed by atoms with Crippen LogP contribution in [0.3, 0.4) is 0 Å². The minimum Gasteiger partial charge on any atom is -0.354 e. The first-order chi connectivity index (χ1) is 8.48. The highest BCUT2D eigenvalue weighted by atomic mass is 35.5. The summed E-state index contributed by atoms with van der Waals surface area (Å²) in [6, 6.07) is 3.26. The number of hydrogen-bond donors (Lipinski definition) is 2. The smallest absolute Gasteiger partial charge is 0.252 e. The van der Waals surface area contributed by atoms with E-state index in [1.807, 2.05) is 0 Å². The lowest BCUT2D eigenvalue weighted by atomic mass is 10.5. The highest BCUT2D eigenvalue weighted by Gasteiger charge is 2.21. The fourth-order valence-electron chi connectivity index (χ4n) is 1.26. The van der Waals surface area contributed by atoms with Crippen molar-refractivity contribution < 1.29 is 13.2 Å². The Bertz CT molecular complexity index is 476. The van der Waals surface area contributed by atoms with Gasteiger partial charge in [0.05, 0.1) is 6.54 Å². The third-order valence-corrected chi connectivity index (χ3v) is 5.48. The summed E-state index contributed by atoms with van der Waals surface area (Å²) in [4.78, 5) is 11.2. The van der Waals surface area contributed by atoms with Gasteiger partial charge in [0, 0.05) is 20.1 Å². The molecule has 0 aromatic carbocycles. The van der Waals surface area contributed by atoms with Crippen LogP contribution in [0.25, 0.3) is 0 Å². The fraction of sp³-hybridized carbons (Fsp3) is 0.500. The summed E-state index contributed by atoms with van der Waals surface area (Å²) in [6.07, 6.45) is 0. The van der Waals surface area contributed by atoms with E-state index in [1.54, 1.807) is 24.6 Å². The zero-order valence-electron chi connectivity index (χ0n) is 10.8. The monoisotopic (exact) mass is 327 g/mol. The Hall–Kier alpha value is -0.670. The molecule has 0 saturated carbocycles. The molecule has 0 aliphatic heterocycles. The van der Waals surface area contributed by atoms with Crippen molar-refractivity contribution in [2.24, 2.45) is 0 Å². The molecule has 0 aliphatic rings. The van der Waals surface area contributed by atoms with Crippen LogP contribution in [-0.2, 0) is 14.8 Å². The number of carbonyl (C=O) groups excluding carboxylic acids is 1. The van der Waals surface area contributed by atoms with Gasteiger partial charge in [0.1, 0.15) is 4.21 Å². The van der Waals surface area contributed by atoms with Crippen LogP contribution < -0.4 is 10.6 Å². The highest BCUT2D eigenvalue weighted by molar-refractivity contribution is 7.91. The van der Waals surface area contributed by atoms with Gasteiger partial charge in [-0.2, -0.15) is 4.31 Å². The van der Waals surface area contributed by atoms with Crippen molar-refractivity contribution in [2.75, 3.05) is 33.7 Å². The Morgan fingerprint density at radius 3 is 2.68 bits per heavy atom. The number of hydrogen-bond acceptors (Lipinski definition) is 5. The van der Waals surface area contributed by atoms with E-state index in [1.165, 1.54) is 22.7 Å². The number of thiophene rings is 1. The van der Waals surface area contributed by atoms with Crippen molar-refractivity contribution >= 4 is 39.7 Å². The summed E-state index contributed by atoms with van der Waals surface area (Å²) in [5.74, 6) is -0.153. The van der Waals surface area contributed by atoms with E-state index in [0.717, 1.165) is 0 Å². The zero-order valence-corrected chi connectivity index (χ0v) is 13.2. The molecular formula is C10H18ClN3O3S2. The lowest BCUT2D eigenvalue weighted by Crippen LogP contribution is -2.38. The molecule has 0 radical (unpaired) electrons. The standard InChI is InChI=1S/C10H17N3O3S2.ClH/c1-11-8-9(14)12-5-6-13(2)18(15,16)10-4-3-7-17-10;/h3-4,7,11H,5-6,8H2,1-2H3,(H,12,14);1H. The first kappa shape index (κ1) is 18.3. The summed E-state index contributed by atoms with van der Waals surface area (Å²) >= 11 is 1.18. The minimum atomic E-state index is -3.42. The van der Waals surface area contributed by atoms with Gasteiger partial charge in [-0.15, -0.1) is 23.7 Å². The van der Waals surface area contributed by atoms with Gasteiger partial charge in [-0.1, -0.05) is 6.07 Å². The molecule has 0 fully saturated rings. The summed E-state index contributed by atoms with van der Waals surface area (Å²) in [5.41, 5.74) is 0. The van der Waals surface area contributed by atoms with Crippen LogP contribution in [-0.4, -0.2) is 52.4 Å². The lowest BCUT2D eigenvalue weighted by molar-refractivity contribution is -0.120. The number of amides is 1. The third-order valence-electron chi connectivity index (χ3n) is 2.25. The van der Waals surface area contributed by atoms with E-state index in [4.69, 9.17) is 0 Å². The van der Waals surface area contributed by atoms with Gasteiger partial charge in [0.15, 0.2) is 0 Å². The number of likely N-dealkylation sites (N-methyl/N-ethyl adjacent to an activating group) is 2. The van der Waals surface area contributed by atoms with E-state index in [0.29, 0.717) is 10.8 Å². The maximum Gasteiger partial charge on any atom is 0.252 e. The molecule has 1 amide bonds. The molecule has 1 aromatic rings. The first-order valence-corrected chi connectivity index (χ1v) is 7.71. The molecule has 9 heteroatoms. The van der Waals surface area contributed by atoms with Gasteiger partial charge in [0.25, 0.3) is 10.0 Å². The Balaban J connectivity index is 0.00000324. The molecule has 0 unspecified atom stereocenters. The van der Waals surface area contributed by atoms with Gasteiger partial charge < -0.3 is 10.6 Å². The van der Waals surface area contributed by atoms with E-state index >= 15 is 0 Å². The Kier molecular flexibility index (Phi) is 8.19. The molecule has 0 aliphatic carbocycles. The van der Waals surface area contributed by atoms with E-state index in [-0.39, 0.29) is 31.4 Å². The molecule has 1 heterocycles. The quantitative estimate of drug-likeness (QED) is 0.746.